The number of rotatable bonds is 11. The van der Waals surface area contributed by atoms with Crippen molar-refractivity contribution in [2.24, 2.45) is 0 Å². The summed E-state index contributed by atoms with van der Waals surface area (Å²) in [5, 5.41) is 2.98. The normalized spacial score (nSPS) is 12.2. The van der Waals surface area contributed by atoms with E-state index in [0.29, 0.717) is 5.56 Å². The van der Waals surface area contributed by atoms with Crippen LogP contribution >= 0.6 is 11.6 Å². The summed E-state index contributed by atoms with van der Waals surface area (Å²) in [5.74, 6) is -1.41. The number of para-hydroxylation sites is 1. The molecule has 1 N–H and O–H groups in total. The number of aryl methyl sites for hydroxylation is 1. The molecule has 39 heavy (non-hydrogen) atoms. The van der Waals surface area contributed by atoms with Gasteiger partial charge in [-0.05, 0) is 69.2 Å². The van der Waals surface area contributed by atoms with E-state index in [2.05, 4.69) is 5.32 Å². The lowest BCUT2D eigenvalue weighted by Crippen LogP contribution is -2.53. The zero-order chi connectivity index (χ0) is 28.7. The number of halogens is 2. The van der Waals surface area contributed by atoms with E-state index in [1.54, 1.807) is 37.3 Å². The minimum absolute atomic E-state index is 0.00417. The van der Waals surface area contributed by atoms with Gasteiger partial charge in [-0.25, -0.2) is 12.8 Å². The van der Waals surface area contributed by atoms with Crippen LogP contribution in [0.2, 0.25) is 5.02 Å². The zero-order valence-corrected chi connectivity index (χ0v) is 24.0. The Morgan fingerprint density at radius 2 is 1.59 bits per heavy atom. The second-order valence-corrected chi connectivity index (χ2v) is 11.8. The third kappa shape index (κ3) is 7.58. The summed E-state index contributed by atoms with van der Waals surface area (Å²) in [6.45, 7) is 6.60. The molecule has 3 aromatic carbocycles. The van der Waals surface area contributed by atoms with Gasteiger partial charge < -0.3 is 10.2 Å². The fourth-order valence-electron chi connectivity index (χ4n) is 4.09. The maximum absolute atomic E-state index is 14.0. The molecule has 0 heterocycles. The first kappa shape index (κ1) is 30.1. The summed E-state index contributed by atoms with van der Waals surface area (Å²) < 4.78 is 42.2. The first-order chi connectivity index (χ1) is 18.4. The summed E-state index contributed by atoms with van der Waals surface area (Å²) >= 11 is 6.41. The van der Waals surface area contributed by atoms with Crippen LogP contribution in [0.1, 0.15) is 38.3 Å². The van der Waals surface area contributed by atoms with E-state index >= 15 is 0 Å². The molecule has 7 nitrogen and oxygen atoms in total. The van der Waals surface area contributed by atoms with E-state index < -0.39 is 34.3 Å². The molecule has 1 unspecified atom stereocenters. The van der Waals surface area contributed by atoms with E-state index in [1.165, 1.54) is 47.4 Å². The van der Waals surface area contributed by atoms with Crippen LogP contribution in [0, 0.1) is 12.7 Å². The molecular formula is C29H33ClFN3O4S. The lowest BCUT2D eigenvalue weighted by molar-refractivity contribution is -0.140. The number of amides is 2. The molecule has 3 aromatic rings. The Balaban J connectivity index is 2.07. The molecule has 3 rings (SSSR count). The van der Waals surface area contributed by atoms with Gasteiger partial charge in [0.25, 0.3) is 10.0 Å². The molecule has 0 aliphatic heterocycles. The second-order valence-electron chi connectivity index (χ2n) is 9.51. The van der Waals surface area contributed by atoms with Gasteiger partial charge in [0.2, 0.25) is 11.8 Å². The highest BCUT2D eigenvalue weighted by Crippen LogP contribution is 2.31. The van der Waals surface area contributed by atoms with Crippen LogP contribution < -0.4 is 9.62 Å². The van der Waals surface area contributed by atoms with Crippen molar-refractivity contribution in [3.63, 3.8) is 0 Å². The van der Waals surface area contributed by atoms with E-state index in [1.807, 2.05) is 20.8 Å². The number of nitrogens with zero attached hydrogens (tertiary/aromatic N) is 2. The topological polar surface area (TPSA) is 86.8 Å². The summed E-state index contributed by atoms with van der Waals surface area (Å²) in [6.07, 6.45) is 0.280. The van der Waals surface area contributed by atoms with Crippen LogP contribution in [0.4, 0.5) is 10.1 Å². The van der Waals surface area contributed by atoms with Crippen LogP contribution in [0.3, 0.4) is 0 Å². The Bertz CT molecular complexity index is 1400. The molecule has 0 radical (unpaired) electrons. The van der Waals surface area contributed by atoms with Gasteiger partial charge in [0.05, 0.1) is 15.6 Å². The van der Waals surface area contributed by atoms with Crippen molar-refractivity contribution in [1.82, 2.24) is 10.2 Å². The molecule has 208 valence electrons. The molecule has 10 heteroatoms. The monoisotopic (exact) mass is 573 g/mol. The molecule has 0 fully saturated rings. The quantitative estimate of drug-likeness (QED) is 0.337. The first-order valence-electron chi connectivity index (χ1n) is 12.6. The predicted octanol–water partition coefficient (Wildman–Crippen LogP) is 5.31. The van der Waals surface area contributed by atoms with Gasteiger partial charge in [-0.3, -0.25) is 13.9 Å². The van der Waals surface area contributed by atoms with Gasteiger partial charge >= 0.3 is 0 Å². The van der Waals surface area contributed by atoms with Crippen molar-refractivity contribution in [2.45, 2.75) is 57.6 Å². The SMILES string of the molecule is CCC(C(=O)NC(C)C)N(Cc1ccc(F)cc1)C(=O)CN(c1ccccc1Cl)S(=O)(=O)c1ccc(C)cc1. The highest BCUT2D eigenvalue weighted by Gasteiger charge is 2.34. The van der Waals surface area contributed by atoms with Crippen molar-refractivity contribution >= 4 is 39.1 Å². The van der Waals surface area contributed by atoms with E-state index in [-0.39, 0.29) is 40.5 Å². The van der Waals surface area contributed by atoms with E-state index in [9.17, 15) is 22.4 Å². The van der Waals surface area contributed by atoms with E-state index in [0.717, 1.165) is 9.87 Å². The third-order valence-electron chi connectivity index (χ3n) is 6.09. The van der Waals surface area contributed by atoms with Crippen molar-refractivity contribution in [1.29, 1.82) is 0 Å². The van der Waals surface area contributed by atoms with Crippen molar-refractivity contribution in [2.75, 3.05) is 10.8 Å². The molecule has 0 saturated heterocycles. The average Bonchev–Trinajstić information content (AvgIpc) is 2.88. The second kappa shape index (κ2) is 13.1. The molecule has 0 aliphatic rings. The van der Waals surface area contributed by atoms with Gasteiger partial charge in [0, 0.05) is 12.6 Å². The lowest BCUT2D eigenvalue weighted by Gasteiger charge is -2.33. The van der Waals surface area contributed by atoms with Crippen LogP contribution in [0.25, 0.3) is 0 Å². The number of anilines is 1. The van der Waals surface area contributed by atoms with E-state index in [4.69, 9.17) is 11.6 Å². The van der Waals surface area contributed by atoms with Crippen LogP contribution in [-0.4, -0.2) is 43.8 Å². The van der Waals surface area contributed by atoms with Crippen LogP contribution in [0.15, 0.2) is 77.7 Å². The minimum Gasteiger partial charge on any atom is -0.352 e. The highest BCUT2D eigenvalue weighted by atomic mass is 35.5. The number of hydrogen-bond donors (Lipinski definition) is 1. The van der Waals surface area contributed by atoms with Crippen LogP contribution in [0.5, 0.6) is 0 Å². The van der Waals surface area contributed by atoms with Crippen molar-refractivity contribution in [3.05, 3.63) is 94.8 Å². The molecule has 0 spiro atoms. The number of carbonyl (C=O) groups excluding carboxylic acids is 2. The standard InChI is InChI=1S/C29H33ClFN3O4S/c1-5-26(29(36)32-20(2)3)33(18-22-12-14-23(31)15-13-22)28(35)19-34(27-9-7-6-8-25(27)30)39(37,38)24-16-10-21(4)11-17-24/h6-17,20,26H,5,18-19H2,1-4H3,(H,32,36). The van der Waals surface area contributed by atoms with Gasteiger partial charge in [0.1, 0.15) is 18.4 Å². The molecule has 0 aromatic heterocycles. The van der Waals surface area contributed by atoms with Crippen molar-refractivity contribution < 1.29 is 22.4 Å². The summed E-state index contributed by atoms with van der Waals surface area (Å²) in [5.41, 5.74) is 1.60. The average molecular weight is 574 g/mol. The molecule has 1 atom stereocenters. The molecule has 0 saturated carbocycles. The number of nitrogens with one attached hydrogen (secondary N) is 1. The highest BCUT2D eigenvalue weighted by molar-refractivity contribution is 7.92. The number of benzene rings is 3. The fraction of sp³-hybridized carbons (Fsp3) is 0.310. The smallest absolute Gasteiger partial charge is 0.264 e. The Morgan fingerprint density at radius 3 is 2.15 bits per heavy atom. The summed E-state index contributed by atoms with van der Waals surface area (Å²) in [6, 6.07) is 17.2. The third-order valence-corrected chi connectivity index (χ3v) is 8.19. The molecule has 2 amide bonds. The fourth-order valence-corrected chi connectivity index (χ4v) is 5.81. The van der Waals surface area contributed by atoms with Crippen LogP contribution in [-0.2, 0) is 26.2 Å². The Kier molecular flexibility index (Phi) is 10.1. The minimum atomic E-state index is -4.22. The van der Waals surface area contributed by atoms with Gasteiger partial charge in [-0.15, -0.1) is 0 Å². The number of carbonyl (C=O) groups is 2. The maximum atomic E-state index is 14.0. The van der Waals surface area contributed by atoms with Gasteiger partial charge in [0.15, 0.2) is 0 Å². The largest absolute Gasteiger partial charge is 0.352 e. The Morgan fingerprint density at radius 1 is 0.974 bits per heavy atom. The Labute approximate surface area is 234 Å². The first-order valence-corrected chi connectivity index (χ1v) is 14.4. The lowest BCUT2D eigenvalue weighted by atomic mass is 10.1. The molecular weight excluding hydrogens is 541 g/mol. The predicted molar refractivity (Wildman–Crippen MR) is 151 cm³/mol. The maximum Gasteiger partial charge on any atom is 0.264 e. The van der Waals surface area contributed by atoms with Gasteiger partial charge in [-0.2, -0.15) is 0 Å². The zero-order valence-electron chi connectivity index (χ0n) is 22.4. The summed E-state index contributed by atoms with van der Waals surface area (Å²) in [4.78, 5) is 28.4. The molecule has 0 aliphatic carbocycles. The number of hydrogen-bond acceptors (Lipinski definition) is 4. The molecule has 0 bridgehead atoms. The van der Waals surface area contributed by atoms with Gasteiger partial charge in [-0.1, -0.05) is 60.5 Å². The number of sulfonamides is 1. The van der Waals surface area contributed by atoms with Crippen molar-refractivity contribution in [3.8, 4) is 0 Å². The Hall–Kier alpha value is -3.43. The summed E-state index contributed by atoms with van der Waals surface area (Å²) in [7, 11) is -4.22.